The van der Waals surface area contributed by atoms with Crippen molar-refractivity contribution in [2.45, 2.75) is 19.8 Å². The molecule has 0 amide bonds. The van der Waals surface area contributed by atoms with E-state index in [1.54, 1.807) is 12.5 Å². The van der Waals surface area contributed by atoms with E-state index in [2.05, 4.69) is 28.8 Å². The van der Waals surface area contributed by atoms with Gasteiger partial charge < -0.3 is 4.42 Å². The monoisotopic (exact) mass is 239 g/mol. The Bertz CT molecular complexity index is 675. The van der Waals surface area contributed by atoms with Crippen molar-refractivity contribution in [2.75, 3.05) is 0 Å². The van der Waals surface area contributed by atoms with Gasteiger partial charge in [-0.15, -0.1) is 0 Å². The summed E-state index contributed by atoms with van der Waals surface area (Å²) in [5.74, 6) is 0.793. The highest BCUT2D eigenvalue weighted by Gasteiger charge is 2.16. The van der Waals surface area contributed by atoms with E-state index in [9.17, 15) is 0 Å². The Kier molecular flexibility index (Phi) is 2.55. The quantitative estimate of drug-likeness (QED) is 0.687. The Labute approximate surface area is 105 Å². The molecule has 0 fully saturated rings. The molecule has 90 valence electrons. The number of aromatic nitrogens is 3. The van der Waals surface area contributed by atoms with Crippen molar-refractivity contribution in [3.05, 3.63) is 42.4 Å². The Morgan fingerprint density at radius 1 is 1.06 bits per heavy atom. The van der Waals surface area contributed by atoms with Crippen LogP contribution < -0.4 is 0 Å². The van der Waals surface area contributed by atoms with E-state index in [1.165, 1.54) is 0 Å². The molecule has 0 saturated carbocycles. The van der Waals surface area contributed by atoms with E-state index in [1.807, 2.05) is 24.3 Å². The number of nitrogens with zero attached hydrogens (tertiary/aromatic N) is 3. The van der Waals surface area contributed by atoms with Crippen LogP contribution in [0, 0.1) is 0 Å². The van der Waals surface area contributed by atoms with Crippen LogP contribution in [0.4, 0.5) is 0 Å². The van der Waals surface area contributed by atoms with E-state index in [4.69, 9.17) is 4.42 Å². The van der Waals surface area contributed by atoms with Crippen LogP contribution in [-0.4, -0.2) is 15.0 Å². The van der Waals surface area contributed by atoms with E-state index in [0.29, 0.717) is 5.89 Å². The Hall–Kier alpha value is -2.23. The molecule has 4 heteroatoms. The minimum absolute atomic E-state index is 0.268. The van der Waals surface area contributed by atoms with Gasteiger partial charge in [0.1, 0.15) is 12.0 Å². The molecule has 3 rings (SSSR count). The lowest BCUT2D eigenvalue weighted by atomic mass is 10.1. The molecule has 0 bridgehead atoms. The predicted molar refractivity (Wildman–Crippen MR) is 69.1 cm³/mol. The smallest absolute Gasteiger partial charge is 0.246 e. The third-order valence-corrected chi connectivity index (χ3v) is 2.78. The summed E-state index contributed by atoms with van der Waals surface area (Å²) in [6.45, 7) is 4.18. The van der Waals surface area contributed by atoms with Crippen LogP contribution in [0.25, 0.3) is 22.6 Å². The summed E-state index contributed by atoms with van der Waals surface area (Å²) in [5, 5.41) is 0. The van der Waals surface area contributed by atoms with Crippen molar-refractivity contribution < 1.29 is 4.42 Å². The molecule has 0 aliphatic carbocycles. The van der Waals surface area contributed by atoms with Crippen molar-refractivity contribution in [2.24, 2.45) is 0 Å². The van der Waals surface area contributed by atoms with Gasteiger partial charge in [0.05, 0.1) is 22.9 Å². The first kappa shape index (κ1) is 10.9. The summed E-state index contributed by atoms with van der Waals surface area (Å²) >= 11 is 0. The van der Waals surface area contributed by atoms with Crippen LogP contribution in [0.3, 0.4) is 0 Å². The maximum absolute atomic E-state index is 5.35. The number of benzene rings is 1. The maximum Gasteiger partial charge on any atom is 0.246 e. The van der Waals surface area contributed by atoms with Crippen molar-refractivity contribution >= 4 is 11.0 Å². The van der Waals surface area contributed by atoms with E-state index in [-0.39, 0.29) is 5.92 Å². The van der Waals surface area contributed by atoms with Gasteiger partial charge in [-0.1, -0.05) is 26.0 Å². The van der Waals surface area contributed by atoms with Crippen LogP contribution in [0.5, 0.6) is 0 Å². The number of rotatable bonds is 2. The normalized spacial score (nSPS) is 11.3. The summed E-state index contributed by atoms with van der Waals surface area (Å²) in [6, 6.07) is 7.82. The highest BCUT2D eigenvalue weighted by atomic mass is 16.3. The molecular formula is C14H13N3O. The minimum atomic E-state index is 0.268. The summed E-state index contributed by atoms with van der Waals surface area (Å²) in [5.41, 5.74) is 3.40. The van der Waals surface area contributed by atoms with Gasteiger partial charge in [0.15, 0.2) is 0 Å². The molecule has 0 aliphatic rings. The van der Waals surface area contributed by atoms with Crippen LogP contribution >= 0.6 is 0 Å². The molecule has 0 unspecified atom stereocenters. The minimum Gasteiger partial charge on any atom is -0.443 e. The van der Waals surface area contributed by atoms with Gasteiger partial charge >= 0.3 is 0 Å². The number of para-hydroxylation sites is 2. The van der Waals surface area contributed by atoms with Gasteiger partial charge in [-0.2, -0.15) is 0 Å². The lowest BCUT2D eigenvalue weighted by Gasteiger charge is -2.09. The summed E-state index contributed by atoms with van der Waals surface area (Å²) in [7, 11) is 0. The molecule has 2 heterocycles. The fourth-order valence-electron chi connectivity index (χ4n) is 1.91. The molecule has 0 atom stereocenters. The number of fused-ring (bicyclic) bond motifs is 1. The SMILES string of the molecule is CC(C)c1nc2ccccc2nc1-c1ncco1. The maximum atomic E-state index is 5.35. The second-order valence-corrected chi connectivity index (χ2v) is 4.44. The fraction of sp³-hybridized carbons (Fsp3) is 0.214. The molecule has 0 aliphatic heterocycles. The molecular weight excluding hydrogens is 226 g/mol. The van der Waals surface area contributed by atoms with E-state index < -0.39 is 0 Å². The van der Waals surface area contributed by atoms with Crippen molar-refractivity contribution in [1.29, 1.82) is 0 Å². The second kappa shape index (κ2) is 4.22. The average molecular weight is 239 g/mol. The molecule has 0 N–H and O–H groups in total. The molecule has 0 saturated heterocycles. The summed E-state index contributed by atoms with van der Waals surface area (Å²) in [6.07, 6.45) is 3.17. The molecule has 0 spiro atoms. The van der Waals surface area contributed by atoms with Crippen molar-refractivity contribution in [1.82, 2.24) is 15.0 Å². The Balaban J connectivity index is 2.31. The standard InChI is InChI=1S/C14H13N3O/c1-9(2)12-13(14-15-7-8-18-14)17-11-6-4-3-5-10(11)16-12/h3-9H,1-2H3. The van der Waals surface area contributed by atoms with Crippen LogP contribution in [-0.2, 0) is 0 Å². The zero-order valence-electron chi connectivity index (χ0n) is 10.3. The van der Waals surface area contributed by atoms with E-state index in [0.717, 1.165) is 22.4 Å². The Morgan fingerprint density at radius 3 is 2.39 bits per heavy atom. The average Bonchev–Trinajstić information content (AvgIpc) is 2.91. The molecule has 18 heavy (non-hydrogen) atoms. The summed E-state index contributed by atoms with van der Waals surface area (Å²) < 4.78 is 5.35. The Morgan fingerprint density at radius 2 is 1.78 bits per heavy atom. The highest BCUT2D eigenvalue weighted by molar-refractivity contribution is 5.77. The van der Waals surface area contributed by atoms with Gasteiger partial charge in [0.25, 0.3) is 0 Å². The first-order valence-corrected chi connectivity index (χ1v) is 5.92. The summed E-state index contributed by atoms with van der Waals surface area (Å²) in [4.78, 5) is 13.5. The van der Waals surface area contributed by atoms with Gasteiger partial charge in [-0.3, -0.25) is 0 Å². The second-order valence-electron chi connectivity index (χ2n) is 4.44. The third-order valence-electron chi connectivity index (χ3n) is 2.78. The van der Waals surface area contributed by atoms with Crippen LogP contribution in [0.2, 0.25) is 0 Å². The number of oxazole rings is 1. The lowest BCUT2D eigenvalue weighted by molar-refractivity contribution is 0.569. The van der Waals surface area contributed by atoms with Crippen molar-refractivity contribution in [3.8, 4) is 11.6 Å². The molecule has 3 aromatic rings. The number of hydrogen-bond donors (Lipinski definition) is 0. The molecule has 2 aromatic heterocycles. The van der Waals surface area contributed by atoms with Gasteiger partial charge in [-0.25, -0.2) is 15.0 Å². The van der Waals surface area contributed by atoms with Gasteiger partial charge in [0.2, 0.25) is 5.89 Å². The van der Waals surface area contributed by atoms with Crippen LogP contribution in [0.15, 0.2) is 41.1 Å². The molecule has 0 radical (unpaired) electrons. The first-order chi connectivity index (χ1) is 8.75. The largest absolute Gasteiger partial charge is 0.443 e. The fourth-order valence-corrected chi connectivity index (χ4v) is 1.91. The van der Waals surface area contributed by atoms with Crippen molar-refractivity contribution in [3.63, 3.8) is 0 Å². The van der Waals surface area contributed by atoms with Gasteiger partial charge in [0, 0.05) is 0 Å². The number of hydrogen-bond acceptors (Lipinski definition) is 4. The van der Waals surface area contributed by atoms with Gasteiger partial charge in [-0.05, 0) is 18.1 Å². The van der Waals surface area contributed by atoms with E-state index >= 15 is 0 Å². The lowest BCUT2D eigenvalue weighted by Crippen LogP contribution is -2.00. The highest BCUT2D eigenvalue weighted by Crippen LogP contribution is 2.26. The van der Waals surface area contributed by atoms with Crippen LogP contribution in [0.1, 0.15) is 25.5 Å². The topological polar surface area (TPSA) is 51.8 Å². The third kappa shape index (κ3) is 1.76. The first-order valence-electron chi connectivity index (χ1n) is 5.92. The molecule has 1 aromatic carbocycles. The predicted octanol–water partition coefficient (Wildman–Crippen LogP) is 3.41. The zero-order valence-corrected chi connectivity index (χ0v) is 10.3. The zero-order chi connectivity index (χ0) is 12.5. The molecule has 4 nitrogen and oxygen atoms in total.